The molecule has 1 aromatic rings. The zero-order valence-electron chi connectivity index (χ0n) is 5.16. The number of thiol groups is 1. The van der Waals surface area contributed by atoms with E-state index in [-0.39, 0.29) is 5.82 Å². The van der Waals surface area contributed by atoms with E-state index < -0.39 is 5.91 Å². The molecule has 4 nitrogen and oxygen atoms in total. The summed E-state index contributed by atoms with van der Waals surface area (Å²) in [6.07, 6.45) is 1.60. The SMILES string of the molecule is NC(=O)c1nc(CS)c[nH]1. The number of aromatic amines is 1. The van der Waals surface area contributed by atoms with Crippen molar-refractivity contribution in [1.82, 2.24) is 9.97 Å². The van der Waals surface area contributed by atoms with Crippen molar-refractivity contribution in [3.8, 4) is 0 Å². The van der Waals surface area contributed by atoms with Gasteiger partial charge in [0, 0.05) is 11.9 Å². The van der Waals surface area contributed by atoms with Gasteiger partial charge >= 0.3 is 0 Å². The Bertz CT molecular complexity index is 245. The third-order valence-corrected chi connectivity index (χ3v) is 1.35. The van der Waals surface area contributed by atoms with E-state index in [1.807, 2.05) is 0 Å². The predicted molar refractivity (Wildman–Crippen MR) is 39.8 cm³/mol. The number of primary amides is 1. The van der Waals surface area contributed by atoms with E-state index in [0.717, 1.165) is 5.69 Å². The number of carbonyl (C=O) groups is 1. The van der Waals surface area contributed by atoms with Gasteiger partial charge in [-0.15, -0.1) is 0 Å². The van der Waals surface area contributed by atoms with Crippen molar-refractivity contribution in [3.63, 3.8) is 0 Å². The summed E-state index contributed by atoms with van der Waals surface area (Å²) in [4.78, 5) is 16.9. The van der Waals surface area contributed by atoms with E-state index in [9.17, 15) is 4.79 Å². The van der Waals surface area contributed by atoms with Gasteiger partial charge in [-0.2, -0.15) is 12.6 Å². The maximum Gasteiger partial charge on any atom is 0.284 e. The molecule has 1 amide bonds. The molecule has 10 heavy (non-hydrogen) atoms. The summed E-state index contributed by atoms with van der Waals surface area (Å²) >= 11 is 3.96. The Labute approximate surface area is 63.2 Å². The molecule has 0 saturated carbocycles. The van der Waals surface area contributed by atoms with Crippen molar-refractivity contribution >= 4 is 18.5 Å². The zero-order chi connectivity index (χ0) is 7.56. The summed E-state index contributed by atoms with van der Waals surface area (Å²) in [5.41, 5.74) is 5.64. The fourth-order valence-corrected chi connectivity index (χ4v) is 0.729. The van der Waals surface area contributed by atoms with Crippen LogP contribution in [0, 0.1) is 0 Å². The number of hydrogen-bond donors (Lipinski definition) is 3. The van der Waals surface area contributed by atoms with E-state index >= 15 is 0 Å². The lowest BCUT2D eigenvalue weighted by Gasteiger charge is -1.83. The Morgan fingerprint density at radius 1 is 1.90 bits per heavy atom. The van der Waals surface area contributed by atoms with Crippen molar-refractivity contribution in [3.05, 3.63) is 17.7 Å². The molecule has 1 rings (SSSR count). The molecule has 0 aliphatic carbocycles. The molecular formula is C5H7N3OS. The van der Waals surface area contributed by atoms with Crippen molar-refractivity contribution in [2.75, 3.05) is 0 Å². The standard InChI is InChI=1S/C5H7N3OS/c6-4(9)5-7-1-3(2-10)8-5/h1,10H,2H2,(H2,6,9)(H,7,8). The van der Waals surface area contributed by atoms with Gasteiger partial charge < -0.3 is 10.7 Å². The average Bonchev–Trinajstić information content (AvgIpc) is 2.34. The Hall–Kier alpha value is -0.970. The molecular weight excluding hydrogens is 150 g/mol. The first kappa shape index (κ1) is 7.14. The highest BCUT2D eigenvalue weighted by atomic mass is 32.1. The molecule has 1 aromatic heterocycles. The van der Waals surface area contributed by atoms with Gasteiger partial charge in [-0.25, -0.2) is 4.98 Å². The minimum Gasteiger partial charge on any atom is -0.363 e. The molecule has 0 atom stereocenters. The van der Waals surface area contributed by atoms with Gasteiger partial charge in [0.2, 0.25) is 0 Å². The Morgan fingerprint density at radius 3 is 2.90 bits per heavy atom. The summed E-state index contributed by atoms with van der Waals surface area (Å²) < 4.78 is 0. The van der Waals surface area contributed by atoms with Gasteiger partial charge in [0.25, 0.3) is 5.91 Å². The molecule has 0 fully saturated rings. The number of nitrogens with zero attached hydrogens (tertiary/aromatic N) is 1. The number of hydrogen-bond acceptors (Lipinski definition) is 3. The smallest absolute Gasteiger partial charge is 0.284 e. The Morgan fingerprint density at radius 2 is 2.60 bits per heavy atom. The third-order valence-electron chi connectivity index (χ3n) is 1.03. The monoisotopic (exact) mass is 157 g/mol. The number of carbonyl (C=O) groups excluding carboxylic acids is 1. The average molecular weight is 157 g/mol. The van der Waals surface area contributed by atoms with Crippen LogP contribution in [0.1, 0.15) is 16.3 Å². The maximum atomic E-state index is 10.4. The molecule has 0 radical (unpaired) electrons. The fraction of sp³-hybridized carbons (Fsp3) is 0.200. The van der Waals surface area contributed by atoms with Crippen LogP contribution in [0.15, 0.2) is 6.20 Å². The van der Waals surface area contributed by atoms with Crippen molar-refractivity contribution < 1.29 is 4.79 Å². The largest absolute Gasteiger partial charge is 0.363 e. The van der Waals surface area contributed by atoms with Crippen molar-refractivity contribution in [2.45, 2.75) is 5.75 Å². The second-order valence-electron chi connectivity index (χ2n) is 1.76. The summed E-state index contributed by atoms with van der Waals surface area (Å²) in [5.74, 6) is 0.140. The van der Waals surface area contributed by atoms with E-state index in [0.29, 0.717) is 5.75 Å². The van der Waals surface area contributed by atoms with Crippen LogP contribution in [0.4, 0.5) is 0 Å². The number of amides is 1. The lowest BCUT2D eigenvalue weighted by Crippen LogP contribution is -2.12. The van der Waals surface area contributed by atoms with Crippen molar-refractivity contribution in [2.24, 2.45) is 5.73 Å². The molecule has 0 aliphatic heterocycles. The molecule has 0 saturated heterocycles. The molecule has 0 aromatic carbocycles. The van der Waals surface area contributed by atoms with Gasteiger partial charge in [-0.1, -0.05) is 0 Å². The molecule has 5 heteroatoms. The highest BCUT2D eigenvalue weighted by molar-refractivity contribution is 7.79. The highest BCUT2D eigenvalue weighted by Gasteiger charge is 2.03. The van der Waals surface area contributed by atoms with Gasteiger partial charge in [0.05, 0.1) is 5.69 Å². The molecule has 0 bridgehead atoms. The third kappa shape index (κ3) is 1.30. The molecule has 0 unspecified atom stereocenters. The minimum atomic E-state index is -0.548. The van der Waals surface area contributed by atoms with Gasteiger partial charge in [0.15, 0.2) is 5.82 Å². The summed E-state index contributed by atoms with van der Waals surface area (Å²) in [5, 5.41) is 0. The molecule has 54 valence electrons. The quantitative estimate of drug-likeness (QED) is 0.526. The van der Waals surface area contributed by atoms with Crippen LogP contribution in [0.3, 0.4) is 0 Å². The molecule has 3 N–H and O–H groups in total. The number of nitrogens with one attached hydrogen (secondary N) is 1. The first-order chi connectivity index (χ1) is 4.74. The normalized spacial score (nSPS) is 9.70. The summed E-state index contributed by atoms with van der Waals surface area (Å²) in [6.45, 7) is 0. The second-order valence-corrected chi connectivity index (χ2v) is 2.08. The van der Waals surface area contributed by atoms with Crippen LogP contribution in [-0.2, 0) is 5.75 Å². The number of rotatable bonds is 2. The van der Waals surface area contributed by atoms with Crippen molar-refractivity contribution in [1.29, 1.82) is 0 Å². The molecule has 0 aliphatic rings. The number of nitrogens with two attached hydrogens (primary N) is 1. The van der Waals surface area contributed by atoms with Gasteiger partial charge in [-0.3, -0.25) is 4.79 Å². The fourth-order valence-electron chi connectivity index (χ4n) is 0.567. The topological polar surface area (TPSA) is 71.8 Å². The maximum absolute atomic E-state index is 10.4. The van der Waals surface area contributed by atoms with Crippen LogP contribution in [0.5, 0.6) is 0 Å². The first-order valence-corrected chi connectivity index (χ1v) is 3.32. The van der Waals surface area contributed by atoms with Gasteiger partial charge in [-0.05, 0) is 0 Å². The van der Waals surface area contributed by atoms with Crippen LogP contribution in [0.25, 0.3) is 0 Å². The lowest BCUT2D eigenvalue weighted by molar-refractivity contribution is 0.0991. The van der Waals surface area contributed by atoms with E-state index in [4.69, 9.17) is 5.73 Å². The Balaban J connectivity index is 2.88. The van der Waals surface area contributed by atoms with E-state index in [2.05, 4.69) is 22.6 Å². The first-order valence-electron chi connectivity index (χ1n) is 2.69. The summed E-state index contributed by atoms with van der Waals surface area (Å²) in [7, 11) is 0. The van der Waals surface area contributed by atoms with Crippen LogP contribution < -0.4 is 5.73 Å². The van der Waals surface area contributed by atoms with Gasteiger partial charge in [0.1, 0.15) is 0 Å². The van der Waals surface area contributed by atoms with E-state index in [1.54, 1.807) is 6.20 Å². The summed E-state index contributed by atoms with van der Waals surface area (Å²) in [6, 6.07) is 0. The lowest BCUT2D eigenvalue weighted by atomic mass is 10.5. The predicted octanol–water partition coefficient (Wildman–Crippen LogP) is -0.0616. The van der Waals surface area contributed by atoms with Crippen LogP contribution in [0.2, 0.25) is 0 Å². The highest BCUT2D eigenvalue weighted by Crippen LogP contribution is 1.98. The number of H-pyrrole nitrogens is 1. The van der Waals surface area contributed by atoms with E-state index in [1.165, 1.54) is 0 Å². The minimum absolute atomic E-state index is 0.184. The molecule has 0 spiro atoms. The number of imidazole rings is 1. The zero-order valence-corrected chi connectivity index (χ0v) is 6.06. The van der Waals surface area contributed by atoms with Crippen LogP contribution in [-0.4, -0.2) is 15.9 Å². The Kier molecular flexibility index (Phi) is 1.96. The second kappa shape index (κ2) is 2.74. The number of aromatic nitrogens is 2. The molecule has 1 heterocycles. The van der Waals surface area contributed by atoms with Crippen LogP contribution >= 0.6 is 12.6 Å².